The van der Waals surface area contributed by atoms with Gasteiger partial charge in [-0.05, 0) is 141 Å². The number of carboxylic acid groups (broad SMARTS) is 1. The van der Waals surface area contributed by atoms with Gasteiger partial charge in [-0.1, -0.05) is 61.8 Å². The number of aliphatic carboxylic acids is 1. The molecule has 0 bridgehead atoms. The Morgan fingerprint density at radius 1 is 0.905 bits per heavy atom. The first kappa shape index (κ1) is 34.7. The van der Waals surface area contributed by atoms with E-state index in [1.807, 2.05) is 6.92 Å². The summed E-state index contributed by atoms with van der Waals surface area (Å²) < 4.78 is 14.6. The Morgan fingerprint density at radius 3 is 2.05 bits per heavy atom. The van der Waals surface area contributed by atoms with Crippen molar-refractivity contribution < 1.29 is 18.8 Å². The van der Waals surface area contributed by atoms with E-state index in [0.717, 1.165) is 12.3 Å². The lowest BCUT2D eigenvalue weighted by molar-refractivity contribution is -0.197. The Kier molecular flexibility index (Phi) is 9.81. The molecule has 1 N–H and O–H groups in total. The molecule has 0 aromatic carbocycles. The zero-order valence-electron chi connectivity index (χ0n) is 29.8. The highest BCUT2D eigenvalue weighted by atomic mass is 28.4. The molecule has 4 aliphatic rings. The standard InChI is InChI=1S/C36H68O4Si2/c1-14-26-30-22-25(39-42(12,13)34(4,5)6)17-19-36(30,8)29-18-20-35(7)27(23(2)21-24(3)33(37)38)15-16-28(35)31(29)32(26)40-41(9,10)11/h23-32H,14-22H2,1-13H3,(H,37,38)/t23-,24-,25?,26-,27-,28+,29+,30+,31+,32?,35-,36-/m1/s1. The third kappa shape index (κ3) is 6.27. The maximum atomic E-state index is 11.7. The van der Waals surface area contributed by atoms with Gasteiger partial charge in [0.1, 0.15) is 0 Å². The van der Waals surface area contributed by atoms with Gasteiger partial charge < -0.3 is 14.0 Å². The highest BCUT2D eigenvalue weighted by Crippen LogP contribution is 2.70. The highest BCUT2D eigenvalue weighted by Gasteiger charge is 2.66. The summed E-state index contributed by atoms with van der Waals surface area (Å²) in [6.45, 7) is 31.2. The van der Waals surface area contributed by atoms with Gasteiger partial charge in [-0.2, -0.15) is 0 Å². The van der Waals surface area contributed by atoms with Crippen LogP contribution in [0.5, 0.6) is 0 Å². The average molecular weight is 621 g/mol. The molecule has 4 nitrogen and oxygen atoms in total. The van der Waals surface area contributed by atoms with Crippen molar-refractivity contribution in [2.24, 2.45) is 58.2 Å². The molecule has 2 unspecified atom stereocenters. The number of carbonyl (C=O) groups is 1. The van der Waals surface area contributed by atoms with Crippen LogP contribution in [-0.2, 0) is 13.6 Å². The quantitative estimate of drug-likeness (QED) is 0.261. The van der Waals surface area contributed by atoms with E-state index in [1.54, 1.807) is 0 Å². The SMILES string of the molecule is CC[C@H]1C(O[Si](C)(C)C)[C@@H]2[C@H](CC[C@]3(C)[C@@H]([C@H](C)C[C@@H](C)C(=O)O)CC[C@@H]23)[C@@]2(C)CCC(O[Si](C)(C)C(C)(C)C)C[C@@H]12. The van der Waals surface area contributed by atoms with E-state index in [2.05, 4.69) is 81.2 Å². The minimum atomic E-state index is -1.82. The van der Waals surface area contributed by atoms with Crippen LogP contribution in [0, 0.1) is 58.2 Å². The van der Waals surface area contributed by atoms with Crippen LogP contribution in [0.1, 0.15) is 113 Å². The number of carboxylic acids is 1. The molecule has 4 aliphatic carbocycles. The summed E-state index contributed by atoms with van der Waals surface area (Å²) >= 11 is 0. The number of fused-ring (bicyclic) bond motifs is 5. The van der Waals surface area contributed by atoms with E-state index >= 15 is 0 Å². The molecule has 0 aromatic rings. The molecule has 0 spiro atoms. The second-order valence-electron chi connectivity index (χ2n) is 18.6. The van der Waals surface area contributed by atoms with Crippen molar-refractivity contribution in [1.29, 1.82) is 0 Å². The van der Waals surface area contributed by atoms with Gasteiger partial charge in [0.05, 0.1) is 12.0 Å². The number of hydrogen-bond donors (Lipinski definition) is 1. The van der Waals surface area contributed by atoms with Crippen LogP contribution in [0.4, 0.5) is 0 Å². The summed E-state index contributed by atoms with van der Waals surface area (Å²) in [5.41, 5.74) is 0.658. The van der Waals surface area contributed by atoms with E-state index in [-0.39, 0.29) is 11.0 Å². The van der Waals surface area contributed by atoms with Crippen LogP contribution in [0.3, 0.4) is 0 Å². The largest absolute Gasteiger partial charge is 0.481 e. The van der Waals surface area contributed by atoms with E-state index in [1.165, 1.54) is 51.4 Å². The van der Waals surface area contributed by atoms with Crippen molar-refractivity contribution in [2.75, 3.05) is 0 Å². The van der Waals surface area contributed by atoms with Crippen molar-refractivity contribution in [1.82, 2.24) is 0 Å². The Balaban J connectivity index is 1.68. The van der Waals surface area contributed by atoms with Crippen LogP contribution >= 0.6 is 0 Å². The predicted octanol–water partition coefficient (Wildman–Crippen LogP) is 10.2. The molecule has 4 saturated carbocycles. The number of hydrogen-bond acceptors (Lipinski definition) is 3. The lowest BCUT2D eigenvalue weighted by atomic mass is 9.41. The maximum Gasteiger partial charge on any atom is 0.306 e. The lowest BCUT2D eigenvalue weighted by Crippen LogP contribution is -2.64. The van der Waals surface area contributed by atoms with E-state index in [4.69, 9.17) is 8.85 Å². The fourth-order valence-electron chi connectivity index (χ4n) is 11.0. The summed E-state index contributed by atoms with van der Waals surface area (Å²) in [5, 5.41) is 9.90. The summed E-state index contributed by atoms with van der Waals surface area (Å²) in [7, 11) is -3.59. The van der Waals surface area contributed by atoms with Crippen molar-refractivity contribution in [3.63, 3.8) is 0 Å². The maximum absolute atomic E-state index is 11.7. The van der Waals surface area contributed by atoms with Gasteiger partial charge in [0.25, 0.3) is 0 Å². The molecule has 0 radical (unpaired) electrons. The van der Waals surface area contributed by atoms with Crippen LogP contribution in [0.25, 0.3) is 0 Å². The molecule has 42 heavy (non-hydrogen) atoms. The molecule has 4 fully saturated rings. The van der Waals surface area contributed by atoms with Gasteiger partial charge in [0, 0.05) is 6.10 Å². The third-order valence-electron chi connectivity index (χ3n) is 14.0. The number of rotatable bonds is 9. The molecular weight excluding hydrogens is 553 g/mol. The van der Waals surface area contributed by atoms with E-state index in [9.17, 15) is 9.90 Å². The molecule has 0 aromatic heterocycles. The van der Waals surface area contributed by atoms with Crippen molar-refractivity contribution >= 4 is 22.6 Å². The fourth-order valence-corrected chi connectivity index (χ4v) is 13.5. The monoisotopic (exact) mass is 620 g/mol. The molecule has 4 rings (SSSR count). The van der Waals surface area contributed by atoms with E-state index < -0.39 is 22.6 Å². The van der Waals surface area contributed by atoms with Gasteiger partial charge in [0.15, 0.2) is 16.6 Å². The zero-order chi connectivity index (χ0) is 31.6. The van der Waals surface area contributed by atoms with Gasteiger partial charge in [-0.15, -0.1) is 0 Å². The third-order valence-corrected chi connectivity index (χ3v) is 19.5. The van der Waals surface area contributed by atoms with Crippen LogP contribution in [-0.4, -0.2) is 39.9 Å². The van der Waals surface area contributed by atoms with Crippen LogP contribution in [0.15, 0.2) is 0 Å². The Hall–Kier alpha value is -0.176. The summed E-state index contributed by atoms with van der Waals surface area (Å²) in [4.78, 5) is 11.7. The molecular formula is C36H68O4Si2. The Morgan fingerprint density at radius 2 is 1.50 bits per heavy atom. The average Bonchev–Trinajstić information content (AvgIpc) is 3.20. The van der Waals surface area contributed by atoms with E-state index in [0.29, 0.717) is 58.5 Å². The zero-order valence-corrected chi connectivity index (χ0v) is 31.8. The normalized spacial score (nSPS) is 42.3. The van der Waals surface area contributed by atoms with Crippen molar-refractivity contribution in [2.45, 2.75) is 163 Å². The summed E-state index contributed by atoms with van der Waals surface area (Å²) in [5.74, 6) is 3.50. The molecule has 6 heteroatoms. The first-order valence-corrected chi connectivity index (χ1v) is 24.1. The second kappa shape index (κ2) is 11.9. The molecule has 12 atom stereocenters. The molecule has 0 heterocycles. The Bertz CT molecular complexity index is 968. The summed E-state index contributed by atoms with van der Waals surface area (Å²) in [6, 6.07) is 0. The van der Waals surface area contributed by atoms with Gasteiger partial charge in [-0.25, -0.2) is 0 Å². The fraction of sp³-hybridized carbons (Fsp3) is 0.972. The lowest BCUT2D eigenvalue weighted by Gasteiger charge is -2.66. The predicted molar refractivity (Wildman–Crippen MR) is 181 cm³/mol. The van der Waals surface area contributed by atoms with Crippen LogP contribution < -0.4 is 0 Å². The molecule has 0 saturated heterocycles. The molecule has 0 amide bonds. The second-order valence-corrected chi connectivity index (χ2v) is 27.8. The minimum absolute atomic E-state index is 0.241. The molecule has 0 aliphatic heterocycles. The van der Waals surface area contributed by atoms with Crippen molar-refractivity contribution in [3.05, 3.63) is 0 Å². The van der Waals surface area contributed by atoms with Crippen LogP contribution in [0.2, 0.25) is 37.8 Å². The van der Waals surface area contributed by atoms with Gasteiger partial charge >= 0.3 is 5.97 Å². The van der Waals surface area contributed by atoms with Gasteiger partial charge in [-0.3, -0.25) is 4.79 Å². The molecule has 244 valence electrons. The first-order chi connectivity index (χ1) is 19.2. The topological polar surface area (TPSA) is 55.8 Å². The highest BCUT2D eigenvalue weighted by molar-refractivity contribution is 6.74. The Labute approximate surface area is 262 Å². The smallest absolute Gasteiger partial charge is 0.306 e. The minimum Gasteiger partial charge on any atom is -0.481 e. The summed E-state index contributed by atoms with van der Waals surface area (Å²) in [6.07, 6.45) is 11.7. The van der Waals surface area contributed by atoms with Crippen molar-refractivity contribution in [3.8, 4) is 0 Å². The van der Waals surface area contributed by atoms with Gasteiger partial charge in [0.2, 0.25) is 0 Å². The first-order valence-electron chi connectivity index (χ1n) is 17.7.